The molecule has 0 aromatic carbocycles. The van der Waals surface area contributed by atoms with Crippen LogP contribution in [0.5, 0.6) is 0 Å². The molecule has 0 amide bonds. The lowest BCUT2D eigenvalue weighted by molar-refractivity contribution is 0.0529. The highest BCUT2D eigenvalue weighted by atomic mass is 32.1. The first kappa shape index (κ1) is 17.7. The van der Waals surface area contributed by atoms with E-state index in [1.807, 2.05) is 23.6 Å². The van der Waals surface area contributed by atoms with Crippen LogP contribution in [0.15, 0.2) is 46.7 Å². The molecule has 26 heavy (non-hydrogen) atoms. The molecular formula is C19H17N3O3S. The van der Waals surface area contributed by atoms with Crippen molar-refractivity contribution in [2.24, 2.45) is 0 Å². The van der Waals surface area contributed by atoms with Crippen molar-refractivity contribution in [3.05, 3.63) is 68.3 Å². The lowest BCUT2D eigenvalue weighted by Gasteiger charge is -2.15. The molecule has 0 atom stereocenters. The number of carbonyl (C=O) groups excluding carboxylic acids is 1. The summed E-state index contributed by atoms with van der Waals surface area (Å²) in [5.74, 6) is -0.564. The molecule has 132 valence electrons. The zero-order valence-corrected chi connectivity index (χ0v) is 15.0. The quantitative estimate of drug-likeness (QED) is 0.677. The number of nitrogens with one attached hydrogen (secondary N) is 1. The number of fused-ring (bicyclic) bond motifs is 1. The van der Waals surface area contributed by atoms with E-state index in [0.717, 1.165) is 6.42 Å². The predicted molar refractivity (Wildman–Crippen MR) is 101 cm³/mol. The molecule has 0 saturated carbocycles. The third-order valence-electron chi connectivity index (χ3n) is 3.89. The molecule has 0 spiro atoms. The van der Waals surface area contributed by atoms with Gasteiger partial charge in [0, 0.05) is 17.6 Å². The number of hydrogen-bond donors (Lipinski definition) is 1. The van der Waals surface area contributed by atoms with Crippen LogP contribution in [0.2, 0.25) is 0 Å². The fourth-order valence-electron chi connectivity index (χ4n) is 2.76. The minimum absolute atomic E-state index is 0.0945. The van der Waals surface area contributed by atoms with Crippen molar-refractivity contribution in [3.63, 3.8) is 0 Å². The van der Waals surface area contributed by atoms with Gasteiger partial charge in [-0.15, -0.1) is 11.3 Å². The van der Waals surface area contributed by atoms with E-state index < -0.39 is 11.5 Å². The number of anilines is 1. The monoisotopic (exact) mass is 367 g/mol. The van der Waals surface area contributed by atoms with Gasteiger partial charge in [-0.25, -0.2) is 4.79 Å². The molecule has 0 aliphatic heterocycles. The minimum atomic E-state index is -0.564. The first-order chi connectivity index (χ1) is 12.7. The molecule has 0 aliphatic rings. The summed E-state index contributed by atoms with van der Waals surface area (Å²) in [5, 5.41) is 14.6. The molecule has 0 fully saturated rings. The van der Waals surface area contributed by atoms with E-state index in [9.17, 15) is 14.9 Å². The van der Waals surface area contributed by atoms with Crippen molar-refractivity contribution in [1.82, 2.24) is 4.40 Å². The third kappa shape index (κ3) is 3.32. The predicted octanol–water partition coefficient (Wildman–Crippen LogP) is 3.06. The Kier molecular flexibility index (Phi) is 5.34. The molecule has 7 heteroatoms. The third-order valence-corrected chi connectivity index (χ3v) is 4.83. The molecule has 3 heterocycles. The van der Waals surface area contributed by atoms with E-state index in [1.54, 1.807) is 36.5 Å². The normalized spacial score (nSPS) is 10.5. The van der Waals surface area contributed by atoms with Crippen LogP contribution < -0.4 is 10.9 Å². The second kappa shape index (κ2) is 7.85. The molecule has 0 radical (unpaired) electrons. The number of thiophene rings is 1. The van der Waals surface area contributed by atoms with Gasteiger partial charge in [-0.3, -0.25) is 9.20 Å². The van der Waals surface area contributed by atoms with Gasteiger partial charge in [0.2, 0.25) is 0 Å². The van der Waals surface area contributed by atoms with E-state index >= 15 is 0 Å². The van der Waals surface area contributed by atoms with E-state index in [0.29, 0.717) is 12.1 Å². The van der Waals surface area contributed by atoms with Gasteiger partial charge in [0.25, 0.3) is 5.56 Å². The van der Waals surface area contributed by atoms with Crippen LogP contribution in [-0.4, -0.2) is 23.5 Å². The van der Waals surface area contributed by atoms with Crippen molar-refractivity contribution in [2.45, 2.75) is 13.3 Å². The second-order valence-corrected chi connectivity index (χ2v) is 6.51. The lowest BCUT2D eigenvalue weighted by Crippen LogP contribution is -2.24. The standard InChI is InChI=1S/C19H17N3O3S/c1-2-25-19(24)16-15-7-3-4-10-22(15)18(23)14(12-20)17(16)21-9-8-13-6-5-11-26-13/h3-7,10-11,21H,2,8-9H2,1H3. The number of hydrogen-bond acceptors (Lipinski definition) is 6. The number of nitrogens with zero attached hydrogens (tertiary/aromatic N) is 2. The Balaban J connectivity index is 2.11. The number of esters is 1. The first-order valence-electron chi connectivity index (χ1n) is 8.18. The summed E-state index contributed by atoms with van der Waals surface area (Å²) in [4.78, 5) is 26.4. The number of ether oxygens (including phenoxy) is 1. The fourth-order valence-corrected chi connectivity index (χ4v) is 3.47. The summed E-state index contributed by atoms with van der Waals surface area (Å²) in [6.45, 7) is 2.40. The summed E-state index contributed by atoms with van der Waals surface area (Å²) in [6, 6.07) is 11.0. The number of carbonyl (C=O) groups is 1. The molecule has 0 saturated heterocycles. The van der Waals surface area contributed by atoms with Crippen LogP contribution in [0.25, 0.3) is 5.52 Å². The summed E-state index contributed by atoms with van der Waals surface area (Å²) < 4.78 is 6.47. The topological polar surface area (TPSA) is 83.6 Å². The molecule has 3 aromatic rings. The molecule has 0 aliphatic carbocycles. The van der Waals surface area contributed by atoms with Gasteiger partial charge in [-0.2, -0.15) is 5.26 Å². The SMILES string of the molecule is CCOC(=O)c1c(NCCc2cccs2)c(C#N)c(=O)n2ccccc12. The van der Waals surface area contributed by atoms with E-state index in [4.69, 9.17) is 4.74 Å². The summed E-state index contributed by atoms with van der Waals surface area (Å²) in [6.07, 6.45) is 2.26. The highest BCUT2D eigenvalue weighted by Crippen LogP contribution is 2.24. The molecular weight excluding hydrogens is 350 g/mol. The van der Waals surface area contributed by atoms with Crippen LogP contribution in [0.4, 0.5) is 5.69 Å². The zero-order valence-electron chi connectivity index (χ0n) is 14.2. The van der Waals surface area contributed by atoms with Gasteiger partial charge in [0.1, 0.15) is 17.2 Å². The fraction of sp³-hybridized carbons (Fsp3) is 0.211. The van der Waals surface area contributed by atoms with Crippen LogP contribution in [-0.2, 0) is 11.2 Å². The molecule has 3 aromatic heterocycles. The Morgan fingerprint density at radius 1 is 1.35 bits per heavy atom. The average Bonchev–Trinajstić information content (AvgIpc) is 3.16. The summed E-state index contributed by atoms with van der Waals surface area (Å²) in [7, 11) is 0. The number of aromatic nitrogens is 1. The maximum absolute atomic E-state index is 12.7. The van der Waals surface area contributed by atoms with Gasteiger partial charge in [-0.1, -0.05) is 12.1 Å². The molecule has 6 nitrogen and oxygen atoms in total. The van der Waals surface area contributed by atoms with Gasteiger partial charge < -0.3 is 10.1 Å². The highest BCUT2D eigenvalue weighted by Gasteiger charge is 2.23. The van der Waals surface area contributed by atoms with Crippen molar-refractivity contribution in [1.29, 1.82) is 5.26 Å². The average molecular weight is 367 g/mol. The smallest absolute Gasteiger partial charge is 0.342 e. The lowest BCUT2D eigenvalue weighted by atomic mass is 10.1. The van der Waals surface area contributed by atoms with E-state index in [2.05, 4.69) is 5.32 Å². The van der Waals surface area contributed by atoms with Gasteiger partial charge >= 0.3 is 5.97 Å². The van der Waals surface area contributed by atoms with Gasteiger partial charge in [-0.05, 0) is 36.9 Å². The highest BCUT2D eigenvalue weighted by molar-refractivity contribution is 7.09. The largest absolute Gasteiger partial charge is 0.462 e. The van der Waals surface area contributed by atoms with Gasteiger partial charge in [0.05, 0.1) is 17.8 Å². The summed E-state index contributed by atoms with van der Waals surface area (Å²) >= 11 is 1.63. The van der Waals surface area contributed by atoms with Crippen LogP contribution in [0.3, 0.4) is 0 Å². The summed E-state index contributed by atoms with van der Waals surface area (Å²) in [5.41, 5.74) is 0.291. The van der Waals surface area contributed by atoms with E-state index in [1.165, 1.54) is 15.5 Å². The molecule has 0 bridgehead atoms. The Labute approximate surface area is 154 Å². The minimum Gasteiger partial charge on any atom is -0.462 e. The van der Waals surface area contributed by atoms with Crippen molar-refractivity contribution in [3.8, 4) is 6.07 Å². The Morgan fingerprint density at radius 3 is 2.88 bits per heavy atom. The molecule has 3 rings (SSSR count). The van der Waals surface area contributed by atoms with Gasteiger partial charge in [0.15, 0.2) is 0 Å². The Morgan fingerprint density at radius 2 is 2.19 bits per heavy atom. The molecule has 0 unspecified atom stereocenters. The second-order valence-electron chi connectivity index (χ2n) is 5.47. The maximum atomic E-state index is 12.7. The van der Waals surface area contributed by atoms with Crippen molar-refractivity contribution < 1.29 is 9.53 Å². The maximum Gasteiger partial charge on any atom is 0.342 e. The zero-order chi connectivity index (χ0) is 18.5. The van der Waals surface area contributed by atoms with Crippen molar-refractivity contribution >= 4 is 28.5 Å². The Bertz CT molecular complexity index is 1030. The van der Waals surface area contributed by atoms with Crippen molar-refractivity contribution in [2.75, 3.05) is 18.5 Å². The van der Waals surface area contributed by atoms with Crippen LogP contribution in [0.1, 0.15) is 27.7 Å². The first-order valence-corrected chi connectivity index (χ1v) is 9.06. The number of pyridine rings is 2. The van der Waals surface area contributed by atoms with Crippen LogP contribution >= 0.6 is 11.3 Å². The van der Waals surface area contributed by atoms with E-state index in [-0.39, 0.29) is 23.4 Å². The van der Waals surface area contributed by atoms with Crippen LogP contribution in [0, 0.1) is 11.3 Å². The number of nitriles is 1. The number of rotatable bonds is 6. The Hall–Kier alpha value is -3.11. The molecule has 1 N–H and O–H groups in total.